The predicted molar refractivity (Wildman–Crippen MR) is 382 cm³/mol. The maximum atomic E-state index is 13.1. The van der Waals surface area contributed by atoms with E-state index in [1.165, 1.54) is 0 Å². The van der Waals surface area contributed by atoms with Crippen LogP contribution in [0.1, 0.15) is 169 Å². The molecule has 6 aliphatic rings. The van der Waals surface area contributed by atoms with Crippen LogP contribution in [0.4, 0.5) is 25.8 Å². The van der Waals surface area contributed by atoms with Crippen LogP contribution in [0.2, 0.25) is 15.1 Å². The summed E-state index contributed by atoms with van der Waals surface area (Å²) >= 11 is 18.4. The number of carbonyl (C=O) groups excluding carboxylic acids is 9. The molecule has 0 spiro atoms. The fraction of sp³-hybridized carbons (Fsp3) is 0.338. The molecule has 21 heteroatoms. The third-order valence-corrected chi connectivity index (χ3v) is 20.3. The largest absolute Gasteiger partial charge is 0.334 e. The first-order valence-electron chi connectivity index (χ1n) is 33.1. The Hall–Kier alpha value is -9.36. The SMILES string of the molecule is C=C1CCCC(N2Cc3c(CNC(=O)Nc4ccc(C)c(Cl)c4)cccc3C2=O)C(=O)C1.C=C1CCCC(N2Cc3c(ccc(CNC(=O)Nc4ccc(C)c(Cl)c4)c3C)C2=O)C(=O)C1.C=C1CCCC(N2Cc3cc(CNC(=O)NCc4ccc(C)c(Cl)c4)ccc3C2=O)C(=O)C1. The van der Waals surface area contributed by atoms with E-state index in [0.717, 1.165) is 116 Å². The molecule has 3 atom stereocenters. The zero-order valence-corrected chi connectivity index (χ0v) is 58.0. The van der Waals surface area contributed by atoms with Crippen molar-refractivity contribution >= 4 is 99.3 Å². The molecular formula is C77H82Cl3N9O9. The Bertz CT molecular complexity index is 4240. The highest BCUT2D eigenvalue weighted by atomic mass is 35.5. The van der Waals surface area contributed by atoms with Gasteiger partial charge in [-0.15, -0.1) is 0 Å². The third kappa shape index (κ3) is 17.3. The number of benzene rings is 6. The number of urea groups is 3. The standard InChI is InChI=1S/2C26H28ClN3O3.C25H26ClN3O3/c1-15-5-4-6-23(24(31)11-15)30-14-21-17(3)18(8-10-20(21)25(30)32)13-28-26(33)29-19-9-7-16(2)22(27)12-19;1-16-4-3-5-23(24(31)10-16)30-15-20-11-18(8-9-21(20)25(30)32)13-28-26(33)29-14-19-7-6-17(2)22(27)12-19;1-15-5-3-8-22(23(30)11-15)29-14-20-17(6-4-7-19(20)24(29)31)13-27-25(32)28-18-10-9-16(2)21(26)12-18/h7-10,12,23H,1,4-6,11,13-14H2,2-3H3,(H2,28,29,33);6-9,11-12,23H,1,3-5,10,13-15H2,2H3,(H2,28,29,33);4,6-7,9-10,12,22H,1,3,5,8,11,13-14H2,2H3,(H2,27,28,32). The lowest BCUT2D eigenvalue weighted by Gasteiger charge is -2.25. The van der Waals surface area contributed by atoms with Gasteiger partial charge in [-0.05, 0) is 195 Å². The molecule has 0 bridgehead atoms. The molecule has 0 aromatic heterocycles. The first-order chi connectivity index (χ1) is 46.9. The van der Waals surface area contributed by atoms with E-state index in [2.05, 4.69) is 51.6 Å². The lowest BCUT2D eigenvalue weighted by atomic mass is 9.98. The summed E-state index contributed by atoms with van der Waals surface area (Å²) in [4.78, 5) is 119. The summed E-state index contributed by atoms with van der Waals surface area (Å²) in [5.41, 5.74) is 16.1. The second-order valence-electron chi connectivity index (χ2n) is 26.2. The Balaban J connectivity index is 0.000000159. The molecule has 3 heterocycles. The molecule has 0 radical (unpaired) electrons. The Morgan fingerprint density at radius 2 is 0.847 bits per heavy atom. The quantitative estimate of drug-likeness (QED) is 0.0476. The van der Waals surface area contributed by atoms with E-state index < -0.39 is 12.1 Å². The van der Waals surface area contributed by atoms with Crippen molar-refractivity contribution in [2.45, 2.75) is 169 Å². The highest BCUT2D eigenvalue weighted by molar-refractivity contribution is 6.32. The van der Waals surface area contributed by atoms with Crippen LogP contribution in [0.25, 0.3) is 0 Å². The number of hydrogen-bond acceptors (Lipinski definition) is 9. The second kappa shape index (κ2) is 31.9. The predicted octanol–water partition coefficient (Wildman–Crippen LogP) is 15.0. The van der Waals surface area contributed by atoms with Crippen molar-refractivity contribution in [1.29, 1.82) is 0 Å². The highest BCUT2D eigenvalue weighted by Gasteiger charge is 2.41. The topological polar surface area (TPSA) is 236 Å². The number of hydrogen-bond donors (Lipinski definition) is 6. The number of allylic oxidation sites excluding steroid dienone is 3. The van der Waals surface area contributed by atoms with Crippen LogP contribution in [0.3, 0.4) is 0 Å². The number of nitrogens with zero attached hydrogens (tertiary/aromatic N) is 3. The number of aryl methyl sites for hydroxylation is 3. The van der Waals surface area contributed by atoms with Gasteiger partial charge in [-0.1, -0.05) is 126 Å². The van der Waals surface area contributed by atoms with Gasteiger partial charge in [0, 0.05) is 108 Å². The summed E-state index contributed by atoms with van der Waals surface area (Å²) in [6.07, 6.45) is 8.14. The van der Waals surface area contributed by atoms with Crippen LogP contribution in [0, 0.1) is 27.7 Å². The number of carbonyl (C=O) groups is 9. The molecule has 3 saturated carbocycles. The van der Waals surface area contributed by atoms with Gasteiger partial charge in [-0.2, -0.15) is 0 Å². The molecule has 6 aromatic rings. The summed E-state index contributed by atoms with van der Waals surface area (Å²) in [6, 6.07) is 29.0. The molecule has 18 nitrogen and oxygen atoms in total. The highest BCUT2D eigenvalue weighted by Crippen LogP contribution is 2.36. The van der Waals surface area contributed by atoms with Crippen molar-refractivity contribution in [3.8, 4) is 0 Å². The zero-order chi connectivity index (χ0) is 70.1. The van der Waals surface area contributed by atoms with E-state index >= 15 is 0 Å². The van der Waals surface area contributed by atoms with Gasteiger partial charge in [0.2, 0.25) is 0 Å². The van der Waals surface area contributed by atoms with Crippen LogP contribution in [0.15, 0.2) is 140 Å². The van der Waals surface area contributed by atoms with Crippen LogP contribution < -0.4 is 31.9 Å². The fourth-order valence-corrected chi connectivity index (χ4v) is 13.9. The molecule has 6 N–H and O–H groups in total. The number of ketones is 3. The normalized spacial score (nSPS) is 18.3. The van der Waals surface area contributed by atoms with Crippen LogP contribution in [0.5, 0.6) is 0 Å². The lowest BCUT2D eigenvalue weighted by molar-refractivity contribution is -0.123. The van der Waals surface area contributed by atoms with Crippen molar-refractivity contribution < 1.29 is 43.2 Å². The number of anilines is 2. The van der Waals surface area contributed by atoms with Crippen molar-refractivity contribution in [3.05, 3.63) is 233 Å². The Morgan fingerprint density at radius 3 is 1.35 bits per heavy atom. The van der Waals surface area contributed by atoms with Crippen LogP contribution in [-0.4, -0.2) is 86.0 Å². The van der Waals surface area contributed by atoms with Crippen molar-refractivity contribution in [2.75, 3.05) is 10.6 Å². The second-order valence-corrected chi connectivity index (χ2v) is 27.4. The first kappa shape index (κ1) is 71.4. The van der Waals surface area contributed by atoms with E-state index in [4.69, 9.17) is 34.8 Å². The van der Waals surface area contributed by atoms with Crippen LogP contribution in [-0.2, 0) is 60.2 Å². The molecule has 510 valence electrons. The van der Waals surface area contributed by atoms with Gasteiger partial charge in [-0.3, -0.25) is 28.8 Å². The van der Waals surface area contributed by atoms with E-state index in [0.29, 0.717) is 121 Å². The molecule has 3 fully saturated rings. The third-order valence-electron chi connectivity index (χ3n) is 19.0. The van der Waals surface area contributed by atoms with Gasteiger partial charge in [0.15, 0.2) is 17.3 Å². The first-order valence-corrected chi connectivity index (χ1v) is 34.3. The summed E-state index contributed by atoms with van der Waals surface area (Å²) in [5, 5.41) is 18.8. The average molecular weight is 1380 g/mol. The van der Waals surface area contributed by atoms with Gasteiger partial charge in [-0.25, -0.2) is 14.4 Å². The van der Waals surface area contributed by atoms with Crippen LogP contribution >= 0.6 is 34.8 Å². The minimum Gasteiger partial charge on any atom is -0.334 e. The van der Waals surface area contributed by atoms with E-state index in [-0.39, 0.29) is 65.8 Å². The van der Waals surface area contributed by atoms with Gasteiger partial charge >= 0.3 is 18.1 Å². The molecule has 6 aromatic carbocycles. The molecule has 98 heavy (non-hydrogen) atoms. The van der Waals surface area contributed by atoms with Gasteiger partial charge < -0.3 is 46.6 Å². The number of fused-ring (bicyclic) bond motifs is 3. The van der Waals surface area contributed by atoms with Crippen molar-refractivity contribution in [3.63, 3.8) is 0 Å². The smallest absolute Gasteiger partial charge is 0.319 e. The summed E-state index contributed by atoms with van der Waals surface area (Å²) in [6.45, 7) is 22.1. The number of rotatable bonds is 13. The monoisotopic (exact) mass is 1380 g/mol. The summed E-state index contributed by atoms with van der Waals surface area (Å²) in [5.74, 6) is -0.0913. The summed E-state index contributed by atoms with van der Waals surface area (Å²) < 4.78 is 0. The number of Topliss-reactive ketones (excluding diaryl/α,β-unsaturated/α-hetero) is 3. The average Bonchev–Trinajstić information content (AvgIpc) is 1.51. The maximum absolute atomic E-state index is 13.1. The Morgan fingerprint density at radius 1 is 0.439 bits per heavy atom. The lowest BCUT2D eigenvalue weighted by Crippen LogP contribution is -2.40. The molecule has 12 rings (SSSR count). The number of amides is 9. The summed E-state index contributed by atoms with van der Waals surface area (Å²) in [7, 11) is 0. The van der Waals surface area contributed by atoms with Gasteiger partial charge in [0.05, 0.1) is 18.1 Å². The number of nitrogens with one attached hydrogen (secondary N) is 6. The molecular weight excluding hydrogens is 1300 g/mol. The van der Waals surface area contributed by atoms with E-state index in [1.807, 2.05) is 88.4 Å². The van der Waals surface area contributed by atoms with E-state index in [9.17, 15) is 43.2 Å². The van der Waals surface area contributed by atoms with E-state index in [1.54, 1.807) is 57.2 Å². The molecule has 3 aliphatic heterocycles. The zero-order valence-electron chi connectivity index (χ0n) is 55.8. The molecule has 9 amide bonds. The Kier molecular flexibility index (Phi) is 23.2. The van der Waals surface area contributed by atoms with Gasteiger partial charge in [0.25, 0.3) is 17.7 Å². The van der Waals surface area contributed by atoms with Crippen molar-refractivity contribution in [1.82, 2.24) is 36.0 Å². The fourth-order valence-electron chi connectivity index (χ4n) is 13.3. The maximum Gasteiger partial charge on any atom is 0.319 e. The molecule has 3 aliphatic carbocycles. The number of halogens is 3. The molecule has 3 unspecified atom stereocenters. The molecule has 0 saturated heterocycles. The van der Waals surface area contributed by atoms with Gasteiger partial charge in [0.1, 0.15) is 0 Å². The van der Waals surface area contributed by atoms with Crippen molar-refractivity contribution in [2.24, 2.45) is 0 Å². The Labute approximate surface area is 587 Å². The minimum absolute atomic E-state index is 0.0597. The minimum atomic E-state index is -0.412.